The van der Waals surface area contributed by atoms with E-state index in [1.807, 2.05) is 6.07 Å². The van der Waals surface area contributed by atoms with E-state index in [1.165, 1.54) is 18.4 Å². The number of benzene rings is 1. The molecule has 1 aliphatic rings. The summed E-state index contributed by atoms with van der Waals surface area (Å²) in [5, 5.41) is 10.8. The number of rotatable bonds is 4. The van der Waals surface area contributed by atoms with Gasteiger partial charge in [0.2, 0.25) is 0 Å². The van der Waals surface area contributed by atoms with Crippen molar-refractivity contribution in [3.8, 4) is 0 Å². The lowest BCUT2D eigenvalue weighted by molar-refractivity contribution is 0.0296. The van der Waals surface area contributed by atoms with Crippen LogP contribution in [0, 0.1) is 18.3 Å². The fourth-order valence-electron chi connectivity index (χ4n) is 3.35. The summed E-state index contributed by atoms with van der Waals surface area (Å²) in [6, 6.07) is 6.15. The maximum absolute atomic E-state index is 10.8. The lowest BCUT2D eigenvalue weighted by Gasteiger charge is -2.34. The standard InChI is InChI=1S/C16H24BrNO/c1-3-12-6-7-16(9-12,10-18)15(19)13-5-4-11(2)8-14(13)17/h4-5,8,12,15,19H,3,6-7,9-10,18H2,1-2H3. The Labute approximate surface area is 124 Å². The zero-order valence-electron chi connectivity index (χ0n) is 11.8. The van der Waals surface area contributed by atoms with Gasteiger partial charge in [0.15, 0.2) is 0 Å². The van der Waals surface area contributed by atoms with Crippen LogP contribution in [0.5, 0.6) is 0 Å². The molecular formula is C16H24BrNO. The summed E-state index contributed by atoms with van der Waals surface area (Å²) in [7, 11) is 0. The van der Waals surface area contributed by atoms with Gasteiger partial charge in [0.25, 0.3) is 0 Å². The average molecular weight is 326 g/mol. The van der Waals surface area contributed by atoms with Crippen molar-refractivity contribution in [1.82, 2.24) is 0 Å². The second-order valence-electron chi connectivity index (χ2n) is 6.01. The van der Waals surface area contributed by atoms with E-state index in [0.29, 0.717) is 12.5 Å². The predicted octanol–water partition coefficient (Wildman–Crippen LogP) is 3.95. The van der Waals surface area contributed by atoms with Crippen molar-refractivity contribution in [1.29, 1.82) is 0 Å². The number of nitrogens with two attached hydrogens (primary N) is 1. The first kappa shape index (κ1) is 15.0. The molecule has 0 aliphatic heterocycles. The molecule has 3 atom stereocenters. The molecular weight excluding hydrogens is 302 g/mol. The molecule has 1 saturated carbocycles. The van der Waals surface area contributed by atoms with Crippen LogP contribution in [0.2, 0.25) is 0 Å². The third kappa shape index (κ3) is 2.88. The molecule has 0 heterocycles. The number of aliphatic hydroxyl groups is 1. The molecule has 0 saturated heterocycles. The van der Waals surface area contributed by atoms with Gasteiger partial charge in [-0.1, -0.05) is 41.4 Å². The van der Waals surface area contributed by atoms with Crippen molar-refractivity contribution in [2.75, 3.05) is 6.54 Å². The molecule has 0 amide bonds. The highest BCUT2D eigenvalue weighted by molar-refractivity contribution is 9.10. The van der Waals surface area contributed by atoms with Crippen LogP contribution in [0.3, 0.4) is 0 Å². The summed E-state index contributed by atoms with van der Waals surface area (Å²) < 4.78 is 0.993. The Balaban J connectivity index is 2.28. The monoisotopic (exact) mass is 325 g/mol. The van der Waals surface area contributed by atoms with E-state index in [1.54, 1.807) is 0 Å². The minimum atomic E-state index is -0.468. The smallest absolute Gasteiger partial charge is 0.0869 e. The van der Waals surface area contributed by atoms with Crippen LogP contribution >= 0.6 is 15.9 Å². The molecule has 0 spiro atoms. The van der Waals surface area contributed by atoms with Crippen LogP contribution in [0.15, 0.2) is 22.7 Å². The topological polar surface area (TPSA) is 46.2 Å². The Morgan fingerprint density at radius 3 is 2.79 bits per heavy atom. The summed E-state index contributed by atoms with van der Waals surface area (Å²) in [5.41, 5.74) is 8.06. The van der Waals surface area contributed by atoms with Crippen molar-refractivity contribution in [2.24, 2.45) is 17.1 Å². The molecule has 2 nitrogen and oxygen atoms in total. The number of halogens is 1. The Morgan fingerprint density at radius 1 is 1.53 bits per heavy atom. The van der Waals surface area contributed by atoms with Gasteiger partial charge in [0, 0.05) is 16.4 Å². The molecule has 3 heteroatoms. The highest BCUT2D eigenvalue weighted by Crippen LogP contribution is 2.51. The average Bonchev–Trinajstić information content (AvgIpc) is 2.83. The van der Waals surface area contributed by atoms with Crippen LogP contribution in [0.25, 0.3) is 0 Å². The summed E-state index contributed by atoms with van der Waals surface area (Å²) >= 11 is 3.58. The molecule has 1 aliphatic carbocycles. The Kier molecular flexibility index (Phi) is 4.70. The number of hydrogen-bond donors (Lipinski definition) is 2. The van der Waals surface area contributed by atoms with Gasteiger partial charge in [-0.05, 0) is 49.3 Å². The molecule has 0 radical (unpaired) electrons. The van der Waals surface area contributed by atoms with Crippen LogP contribution in [0.1, 0.15) is 49.8 Å². The maximum Gasteiger partial charge on any atom is 0.0869 e. The molecule has 1 fully saturated rings. The van der Waals surface area contributed by atoms with Gasteiger partial charge in [-0.2, -0.15) is 0 Å². The highest BCUT2D eigenvalue weighted by atomic mass is 79.9. The van der Waals surface area contributed by atoms with Crippen LogP contribution in [0.4, 0.5) is 0 Å². The summed E-state index contributed by atoms with van der Waals surface area (Å²) in [5.74, 6) is 0.711. The maximum atomic E-state index is 10.8. The molecule has 3 unspecified atom stereocenters. The van der Waals surface area contributed by atoms with Gasteiger partial charge in [-0.25, -0.2) is 0 Å². The first-order chi connectivity index (χ1) is 9.02. The van der Waals surface area contributed by atoms with Crippen molar-refractivity contribution >= 4 is 15.9 Å². The van der Waals surface area contributed by atoms with Gasteiger partial charge in [0.05, 0.1) is 6.10 Å². The minimum absolute atomic E-state index is 0.140. The molecule has 0 aromatic heterocycles. The van der Waals surface area contributed by atoms with E-state index in [4.69, 9.17) is 5.73 Å². The lowest BCUT2D eigenvalue weighted by atomic mass is 9.76. The van der Waals surface area contributed by atoms with Crippen molar-refractivity contribution in [3.63, 3.8) is 0 Å². The number of aliphatic hydroxyl groups excluding tert-OH is 1. The van der Waals surface area contributed by atoms with Crippen LogP contribution < -0.4 is 5.73 Å². The largest absolute Gasteiger partial charge is 0.388 e. The molecule has 19 heavy (non-hydrogen) atoms. The summed E-state index contributed by atoms with van der Waals surface area (Å²) in [4.78, 5) is 0. The zero-order valence-corrected chi connectivity index (χ0v) is 13.4. The second-order valence-corrected chi connectivity index (χ2v) is 6.87. The fourth-order valence-corrected chi connectivity index (χ4v) is 4.06. The zero-order chi connectivity index (χ0) is 14.0. The van der Waals surface area contributed by atoms with E-state index in [9.17, 15) is 5.11 Å². The molecule has 106 valence electrons. The van der Waals surface area contributed by atoms with Crippen molar-refractivity contribution < 1.29 is 5.11 Å². The normalized spacial score (nSPS) is 28.6. The first-order valence-corrected chi connectivity index (χ1v) is 7.96. The first-order valence-electron chi connectivity index (χ1n) is 7.16. The molecule has 3 N–H and O–H groups in total. The van der Waals surface area contributed by atoms with Gasteiger partial charge in [-0.15, -0.1) is 0 Å². The van der Waals surface area contributed by atoms with E-state index in [-0.39, 0.29) is 5.41 Å². The van der Waals surface area contributed by atoms with E-state index in [2.05, 4.69) is 41.9 Å². The van der Waals surface area contributed by atoms with Crippen molar-refractivity contribution in [3.05, 3.63) is 33.8 Å². The minimum Gasteiger partial charge on any atom is -0.388 e. The molecule has 2 rings (SSSR count). The Morgan fingerprint density at radius 2 is 2.26 bits per heavy atom. The highest BCUT2D eigenvalue weighted by Gasteiger charge is 2.44. The van der Waals surface area contributed by atoms with E-state index in [0.717, 1.165) is 22.9 Å². The Bertz CT molecular complexity index is 448. The Hall–Kier alpha value is -0.380. The third-order valence-electron chi connectivity index (χ3n) is 4.76. The van der Waals surface area contributed by atoms with Gasteiger partial charge < -0.3 is 10.8 Å². The number of hydrogen-bond acceptors (Lipinski definition) is 2. The van der Waals surface area contributed by atoms with Crippen LogP contribution in [-0.4, -0.2) is 11.7 Å². The molecule has 0 bridgehead atoms. The molecule has 1 aromatic rings. The summed E-state index contributed by atoms with van der Waals surface area (Å²) in [6.45, 7) is 4.85. The lowest BCUT2D eigenvalue weighted by Crippen LogP contribution is -2.34. The third-order valence-corrected chi connectivity index (χ3v) is 5.45. The van der Waals surface area contributed by atoms with Gasteiger partial charge in [0.1, 0.15) is 0 Å². The van der Waals surface area contributed by atoms with Gasteiger partial charge >= 0.3 is 0 Å². The quantitative estimate of drug-likeness (QED) is 0.880. The molecule has 1 aromatic carbocycles. The van der Waals surface area contributed by atoms with Gasteiger partial charge in [-0.3, -0.25) is 0 Å². The fraction of sp³-hybridized carbons (Fsp3) is 0.625. The summed E-state index contributed by atoms with van der Waals surface area (Å²) in [6.07, 6.45) is 3.98. The van der Waals surface area contributed by atoms with Crippen molar-refractivity contribution in [2.45, 2.75) is 45.6 Å². The van der Waals surface area contributed by atoms with Crippen LogP contribution in [-0.2, 0) is 0 Å². The van der Waals surface area contributed by atoms with E-state index < -0.39 is 6.10 Å². The SMILES string of the molecule is CCC1CCC(CN)(C(O)c2ccc(C)cc2Br)C1. The number of aryl methyl sites for hydroxylation is 1. The van der Waals surface area contributed by atoms with E-state index >= 15 is 0 Å². The predicted molar refractivity (Wildman–Crippen MR) is 83.0 cm³/mol. The second kappa shape index (κ2) is 5.94.